The topological polar surface area (TPSA) is 17.1 Å². The molecule has 0 amide bonds. The van der Waals surface area contributed by atoms with Crippen LogP contribution in [-0.4, -0.2) is 5.78 Å². The number of rotatable bonds is 3. The third kappa shape index (κ3) is 2.47. The van der Waals surface area contributed by atoms with Crippen molar-refractivity contribution in [3.05, 3.63) is 106 Å². The standard InChI is InChI=1S/C21H13FOS/c22-18-13-7-6-12-17(18)19-15-10-4-5-11-16(15)20(23)21(19)24-14-8-2-1-3-9-14/h1-13H. The maximum Gasteiger partial charge on any atom is 0.200 e. The molecule has 0 heterocycles. The molecule has 116 valence electrons. The van der Waals surface area contributed by atoms with E-state index in [1.165, 1.54) is 17.8 Å². The number of benzene rings is 3. The first-order valence-corrected chi connectivity index (χ1v) is 8.43. The van der Waals surface area contributed by atoms with E-state index in [4.69, 9.17) is 0 Å². The zero-order chi connectivity index (χ0) is 16.5. The predicted molar refractivity (Wildman–Crippen MR) is 95.5 cm³/mol. The van der Waals surface area contributed by atoms with Gasteiger partial charge in [-0.2, -0.15) is 0 Å². The summed E-state index contributed by atoms with van der Waals surface area (Å²) < 4.78 is 14.4. The minimum absolute atomic E-state index is 0.0438. The van der Waals surface area contributed by atoms with Gasteiger partial charge in [-0.05, 0) is 23.8 Å². The Kier molecular flexibility index (Phi) is 3.79. The number of carbonyl (C=O) groups is 1. The molecule has 0 aromatic heterocycles. The molecule has 0 saturated carbocycles. The molecule has 0 saturated heterocycles. The Hall–Kier alpha value is -2.65. The number of allylic oxidation sites excluding steroid dienone is 1. The number of carbonyl (C=O) groups excluding carboxylic acids is 1. The lowest BCUT2D eigenvalue weighted by Gasteiger charge is -2.09. The van der Waals surface area contributed by atoms with E-state index in [1.807, 2.05) is 48.5 Å². The Labute approximate surface area is 143 Å². The first kappa shape index (κ1) is 14.9. The number of ketones is 1. The highest BCUT2D eigenvalue weighted by atomic mass is 32.2. The van der Waals surface area contributed by atoms with Crippen LogP contribution in [0.3, 0.4) is 0 Å². The summed E-state index contributed by atoms with van der Waals surface area (Å²) in [7, 11) is 0. The fraction of sp³-hybridized carbons (Fsp3) is 0. The number of thioether (sulfide) groups is 1. The molecule has 0 spiro atoms. The van der Waals surface area contributed by atoms with Gasteiger partial charge in [0.1, 0.15) is 5.82 Å². The van der Waals surface area contributed by atoms with E-state index in [1.54, 1.807) is 24.3 Å². The van der Waals surface area contributed by atoms with Crippen molar-refractivity contribution in [2.45, 2.75) is 4.90 Å². The smallest absolute Gasteiger partial charge is 0.200 e. The second-order valence-electron chi connectivity index (χ2n) is 5.47. The maximum atomic E-state index is 14.4. The average molecular weight is 332 g/mol. The fourth-order valence-electron chi connectivity index (χ4n) is 2.89. The van der Waals surface area contributed by atoms with Crippen molar-refractivity contribution in [1.82, 2.24) is 0 Å². The molecule has 1 nitrogen and oxygen atoms in total. The summed E-state index contributed by atoms with van der Waals surface area (Å²) >= 11 is 1.39. The van der Waals surface area contributed by atoms with Gasteiger partial charge in [0.25, 0.3) is 0 Å². The molecule has 1 aliphatic rings. The number of Topliss-reactive ketones (excluding diaryl/α,β-unsaturated/α-hetero) is 1. The molecule has 0 N–H and O–H groups in total. The monoisotopic (exact) mass is 332 g/mol. The third-order valence-corrected chi connectivity index (χ3v) is 5.08. The number of fused-ring (bicyclic) bond motifs is 1. The first-order valence-electron chi connectivity index (χ1n) is 7.62. The van der Waals surface area contributed by atoms with Gasteiger partial charge in [0, 0.05) is 21.6 Å². The zero-order valence-electron chi connectivity index (χ0n) is 12.7. The van der Waals surface area contributed by atoms with Crippen LogP contribution in [0.5, 0.6) is 0 Å². The van der Waals surface area contributed by atoms with E-state index in [0.29, 0.717) is 21.6 Å². The lowest BCUT2D eigenvalue weighted by molar-refractivity contribution is 0.104. The van der Waals surface area contributed by atoms with E-state index in [-0.39, 0.29) is 11.6 Å². The predicted octanol–water partition coefficient (Wildman–Crippen LogP) is 5.57. The second kappa shape index (κ2) is 6.10. The van der Waals surface area contributed by atoms with E-state index >= 15 is 0 Å². The highest BCUT2D eigenvalue weighted by molar-refractivity contribution is 8.04. The van der Waals surface area contributed by atoms with Crippen LogP contribution in [0.2, 0.25) is 0 Å². The molecule has 0 unspecified atom stereocenters. The van der Waals surface area contributed by atoms with Gasteiger partial charge in [-0.15, -0.1) is 0 Å². The Morgan fingerprint density at radius 3 is 1.96 bits per heavy atom. The lowest BCUT2D eigenvalue weighted by Crippen LogP contribution is -1.95. The SMILES string of the molecule is O=C1C(Sc2ccccc2)=C(c2ccccc2F)c2ccccc21. The van der Waals surface area contributed by atoms with Crippen LogP contribution in [0, 0.1) is 5.82 Å². The summed E-state index contributed by atoms with van der Waals surface area (Å²) in [5, 5.41) is 0. The van der Waals surface area contributed by atoms with Crippen LogP contribution in [-0.2, 0) is 0 Å². The van der Waals surface area contributed by atoms with Crippen molar-refractivity contribution in [3.8, 4) is 0 Å². The summed E-state index contributed by atoms with van der Waals surface area (Å²) in [5.74, 6) is -0.360. The van der Waals surface area contributed by atoms with Gasteiger partial charge in [-0.25, -0.2) is 4.39 Å². The minimum atomic E-state index is -0.317. The van der Waals surface area contributed by atoms with Crippen molar-refractivity contribution < 1.29 is 9.18 Å². The zero-order valence-corrected chi connectivity index (χ0v) is 13.5. The summed E-state index contributed by atoms with van der Waals surface area (Å²) in [6.07, 6.45) is 0. The van der Waals surface area contributed by atoms with Crippen LogP contribution in [0.1, 0.15) is 21.5 Å². The fourth-order valence-corrected chi connectivity index (χ4v) is 3.95. The molecule has 0 atom stereocenters. The summed E-state index contributed by atoms with van der Waals surface area (Å²) in [4.78, 5) is 14.4. The van der Waals surface area contributed by atoms with Crippen LogP contribution in [0.25, 0.3) is 5.57 Å². The van der Waals surface area contributed by atoms with Gasteiger partial charge in [0.2, 0.25) is 5.78 Å². The molecule has 0 fully saturated rings. The molecule has 3 heteroatoms. The molecule has 1 aliphatic carbocycles. The van der Waals surface area contributed by atoms with Gasteiger partial charge >= 0.3 is 0 Å². The van der Waals surface area contributed by atoms with Crippen molar-refractivity contribution in [2.24, 2.45) is 0 Å². The van der Waals surface area contributed by atoms with Gasteiger partial charge in [0.15, 0.2) is 0 Å². The Balaban J connectivity index is 1.93. The van der Waals surface area contributed by atoms with Gasteiger partial charge in [0.05, 0.1) is 4.91 Å². The van der Waals surface area contributed by atoms with E-state index in [2.05, 4.69) is 0 Å². The Bertz CT molecular complexity index is 960. The second-order valence-corrected chi connectivity index (χ2v) is 6.56. The van der Waals surface area contributed by atoms with E-state index < -0.39 is 0 Å². The summed E-state index contributed by atoms with van der Waals surface area (Å²) in [6.45, 7) is 0. The third-order valence-electron chi connectivity index (χ3n) is 3.98. The lowest BCUT2D eigenvalue weighted by atomic mass is 9.99. The molecule has 0 radical (unpaired) electrons. The summed E-state index contributed by atoms with van der Waals surface area (Å²) in [6, 6.07) is 23.7. The molecule has 3 aromatic carbocycles. The average Bonchev–Trinajstić information content (AvgIpc) is 2.89. The van der Waals surface area contributed by atoms with Crippen molar-refractivity contribution in [2.75, 3.05) is 0 Å². The molecule has 0 bridgehead atoms. The van der Waals surface area contributed by atoms with Crippen molar-refractivity contribution in [3.63, 3.8) is 0 Å². The number of hydrogen-bond donors (Lipinski definition) is 0. The molecule has 0 aliphatic heterocycles. The molecule has 24 heavy (non-hydrogen) atoms. The normalized spacial score (nSPS) is 13.3. The molecule has 3 aromatic rings. The first-order chi connectivity index (χ1) is 11.8. The highest BCUT2D eigenvalue weighted by Crippen LogP contribution is 2.45. The van der Waals surface area contributed by atoms with Crippen molar-refractivity contribution >= 4 is 23.1 Å². The van der Waals surface area contributed by atoms with Gasteiger partial charge in [-0.3, -0.25) is 4.79 Å². The summed E-state index contributed by atoms with van der Waals surface area (Å²) in [5.41, 5.74) is 2.58. The highest BCUT2D eigenvalue weighted by Gasteiger charge is 2.31. The molecular formula is C21H13FOS. The van der Waals surface area contributed by atoms with Crippen LogP contribution >= 0.6 is 11.8 Å². The number of hydrogen-bond acceptors (Lipinski definition) is 2. The van der Waals surface area contributed by atoms with Gasteiger partial charge < -0.3 is 0 Å². The molecule has 4 rings (SSSR count). The maximum absolute atomic E-state index is 14.4. The van der Waals surface area contributed by atoms with Crippen LogP contribution < -0.4 is 0 Å². The minimum Gasteiger partial charge on any atom is -0.288 e. The quantitative estimate of drug-likeness (QED) is 0.623. The molecular weight excluding hydrogens is 319 g/mol. The van der Waals surface area contributed by atoms with Gasteiger partial charge in [-0.1, -0.05) is 72.4 Å². The van der Waals surface area contributed by atoms with Crippen LogP contribution in [0.15, 0.2) is 88.7 Å². The van der Waals surface area contributed by atoms with E-state index in [9.17, 15) is 9.18 Å². The van der Waals surface area contributed by atoms with Crippen molar-refractivity contribution in [1.29, 1.82) is 0 Å². The Morgan fingerprint density at radius 1 is 0.667 bits per heavy atom. The van der Waals surface area contributed by atoms with E-state index in [0.717, 1.165) is 10.5 Å². The largest absolute Gasteiger partial charge is 0.288 e. The number of halogens is 1. The van der Waals surface area contributed by atoms with Crippen LogP contribution in [0.4, 0.5) is 4.39 Å². The Morgan fingerprint density at radius 2 is 1.25 bits per heavy atom.